The molecule has 0 atom stereocenters. The number of hydrogen-bond donors (Lipinski definition) is 1. The fourth-order valence-electron chi connectivity index (χ4n) is 2.14. The van der Waals surface area contributed by atoms with E-state index in [9.17, 15) is 4.79 Å². The molecule has 0 bridgehead atoms. The molecular formula is C18H22N2O. The molecule has 0 unspecified atom stereocenters. The largest absolute Gasteiger partial charge is 0.375 e. The molecule has 0 aliphatic heterocycles. The van der Waals surface area contributed by atoms with Crippen molar-refractivity contribution in [1.82, 2.24) is 5.32 Å². The van der Waals surface area contributed by atoms with E-state index < -0.39 is 0 Å². The van der Waals surface area contributed by atoms with E-state index in [0.717, 1.165) is 24.1 Å². The first-order chi connectivity index (χ1) is 10.2. The fraction of sp³-hybridized carbons (Fsp3) is 0.278. The molecule has 0 heterocycles. The monoisotopic (exact) mass is 282 g/mol. The van der Waals surface area contributed by atoms with E-state index >= 15 is 0 Å². The summed E-state index contributed by atoms with van der Waals surface area (Å²) < 4.78 is 0. The van der Waals surface area contributed by atoms with Gasteiger partial charge in [0.25, 0.3) is 5.91 Å². The van der Waals surface area contributed by atoms with E-state index in [-0.39, 0.29) is 5.91 Å². The molecule has 0 aliphatic carbocycles. The summed E-state index contributed by atoms with van der Waals surface area (Å²) in [6, 6.07) is 17.9. The molecule has 2 aromatic rings. The van der Waals surface area contributed by atoms with E-state index in [4.69, 9.17) is 0 Å². The molecule has 0 aromatic heterocycles. The SMILES string of the molecule is Cc1ccc(C(=O)NCCCN(C)c2ccccc2)cc1. The van der Waals surface area contributed by atoms with Gasteiger partial charge in [0, 0.05) is 31.4 Å². The van der Waals surface area contributed by atoms with Crippen LogP contribution < -0.4 is 10.2 Å². The third-order valence-corrected chi connectivity index (χ3v) is 3.47. The van der Waals surface area contributed by atoms with Crippen LogP contribution in [0.1, 0.15) is 22.3 Å². The van der Waals surface area contributed by atoms with Gasteiger partial charge in [0.05, 0.1) is 0 Å². The van der Waals surface area contributed by atoms with Crippen LogP contribution in [-0.4, -0.2) is 26.0 Å². The lowest BCUT2D eigenvalue weighted by atomic mass is 10.1. The summed E-state index contributed by atoms with van der Waals surface area (Å²) in [5, 5.41) is 2.96. The van der Waals surface area contributed by atoms with Crippen LogP contribution in [0, 0.1) is 6.92 Å². The highest BCUT2D eigenvalue weighted by molar-refractivity contribution is 5.94. The molecule has 0 fully saturated rings. The molecule has 21 heavy (non-hydrogen) atoms. The lowest BCUT2D eigenvalue weighted by Crippen LogP contribution is -2.28. The fourth-order valence-corrected chi connectivity index (χ4v) is 2.14. The van der Waals surface area contributed by atoms with Crippen LogP contribution in [0.4, 0.5) is 5.69 Å². The van der Waals surface area contributed by atoms with Gasteiger partial charge in [0.15, 0.2) is 0 Å². The Hall–Kier alpha value is -2.29. The number of amides is 1. The minimum atomic E-state index is -0.00244. The molecule has 110 valence electrons. The lowest BCUT2D eigenvalue weighted by Gasteiger charge is -2.19. The Labute approximate surface area is 126 Å². The summed E-state index contributed by atoms with van der Waals surface area (Å²) in [7, 11) is 2.07. The maximum absolute atomic E-state index is 11.9. The average molecular weight is 282 g/mol. The van der Waals surface area contributed by atoms with Gasteiger partial charge in [0.2, 0.25) is 0 Å². The van der Waals surface area contributed by atoms with Crippen molar-refractivity contribution in [2.75, 3.05) is 25.0 Å². The quantitative estimate of drug-likeness (QED) is 0.825. The van der Waals surface area contributed by atoms with Crippen LogP contribution in [0.2, 0.25) is 0 Å². The van der Waals surface area contributed by atoms with Crippen LogP contribution in [-0.2, 0) is 0 Å². The van der Waals surface area contributed by atoms with Gasteiger partial charge in [-0.2, -0.15) is 0 Å². The van der Waals surface area contributed by atoms with Gasteiger partial charge in [-0.25, -0.2) is 0 Å². The zero-order valence-corrected chi connectivity index (χ0v) is 12.7. The van der Waals surface area contributed by atoms with Gasteiger partial charge >= 0.3 is 0 Å². The van der Waals surface area contributed by atoms with Crippen LogP contribution >= 0.6 is 0 Å². The molecule has 2 aromatic carbocycles. The van der Waals surface area contributed by atoms with E-state index in [1.165, 1.54) is 5.69 Å². The van der Waals surface area contributed by atoms with Gasteiger partial charge in [-0.15, -0.1) is 0 Å². The van der Waals surface area contributed by atoms with Crippen LogP contribution in [0.15, 0.2) is 54.6 Å². The first-order valence-corrected chi connectivity index (χ1v) is 7.28. The first kappa shape index (κ1) is 15.1. The van der Waals surface area contributed by atoms with Gasteiger partial charge in [-0.3, -0.25) is 4.79 Å². The van der Waals surface area contributed by atoms with Crippen molar-refractivity contribution >= 4 is 11.6 Å². The summed E-state index contributed by atoms with van der Waals surface area (Å²) in [5.41, 5.74) is 3.08. The summed E-state index contributed by atoms with van der Waals surface area (Å²) in [6.45, 7) is 3.61. The highest BCUT2D eigenvalue weighted by atomic mass is 16.1. The van der Waals surface area contributed by atoms with Crippen molar-refractivity contribution in [2.45, 2.75) is 13.3 Å². The molecule has 0 saturated heterocycles. The van der Waals surface area contributed by atoms with Crippen molar-refractivity contribution in [1.29, 1.82) is 0 Å². The minimum Gasteiger partial charge on any atom is -0.375 e. The number of carbonyl (C=O) groups excluding carboxylic acids is 1. The molecule has 2 rings (SSSR count). The number of carbonyl (C=O) groups is 1. The molecule has 0 spiro atoms. The van der Waals surface area contributed by atoms with Gasteiger partial charge in [-0.05, 0) is 37.6 Å². The van der Waals surface area contributed by atoms with Crippen molar-refractivity contribution in [3.8, 4) is 0 Å². The van der Waals surface area contributed by atoms with E-state index in [1.54, 1.807) is 0 Å². The number of aryl methyl sites for hydroxylation is 1. The number of nitrogens with one attached hydrogen (secondary N) is 1. The normalized spacial score (nSPS) is 10.2. The topological polar surface area (TPSA) is 32.3 Å². The van der Waals surface area contributed by atoms with Crippen molar-refractivity contribution in [3.63, 3.8) is 0 Å². The number of anilines is 1. The Kier molecular flexibility index (Phi) is 5.38. The predicted molar refractivity (Wildman–Crippen MR) is 87.8 cm³/mol. The van der Waals surface area contributed by atoms with E-state index in [2.05, 4.69) is 29.4 Å². The standard InChI is InChI=1S/C18H22N2O/c1-15-9-11-16(12-10-15)18(21)19-13-6-14-20(2)17-7-4-3-5-8-17/h3-5,7-12H,6,13-14H2,1-2H3,(H,19,21). The number of nitrogens with zero attached hydrogens (tertiary/aromatic N) is 1. The smallest absolute Gasteiger partial charge is 0.251 e. The first-order valence-electron chi connectivity index (χ1n) is 7.28. The third kappa shape index (κ3) is 4.63. The summed E-state index contributed by atoms with van der Waals surface area (Å²) in [6.07, 6.45) is 0.920. The van der Waals surface area contributed by atoms with Crippen molar-refractivity contribution < 1.29 is 4.79 Å². The molecule has 3 heteroatoms. The Morgan fingerprint density at radius 1 is 1.05 bits per heavy atom. The Morgan fingerprint density at radius 3 is 2.38 bits per heavy atom. The highest BCUT2D eigenvalue weighted by Crippen LogP contribution is 2.10. The number of benzene rings is 2. The molecular weight excluding hydrogens is 260 g/mol. The van der Waals surface area contributed by atoms with Crippen LogP contribution in [0.5, 0.6) is 0 Å². The second kappa shape index (κ2) is 7.48. The highest BCUT2D eigenvalue weighted by Gasteiger charge is 2.04. The number of rotatable bonds is 6. The van der Waals surface area contributed by atoms with Crippen LogP contribution in [0.3, 0.4) is 0 Å². The predicted octanol–water partition coefficient (Wildman–Crippen LogP) is 3.25. The molecule has 0 aliphatic rings. The number of para-hydroxylation sites is 1. The average Bonchev–Trinajstić information content (AvgIpc) is 2.52. The molecule has 1 N–H and O–H groups in total. The molecule has 1 amide bonds. The maximum Gasteiger partial charge on any atom is 0.251 e. The van der Waals surface area contributed by atoms with Gasteiger partial charge in [-0.1, -0.05) is 35.9 Å². The maximum atomic E-state index is 11.9. The lowest BCUT2D eigenvalue weighted by molar-refractivity contribution is 0.0953. The van der Waals surface area contributed by atoms with Gasteiger partial charge < -0.3 is 10.2 Å². The zero-order chi connectivity index (χ0) is 15.1. The van der Waals surface area contributed by atoms with Crippen molar-refractivity contribution in [2.24, 2.45) is 0 Å². The van der Waals surface area contributed by atoms with E-state index in [1.807, 2.05) is 49.4 Å². The minimum absolute atomic E-state index is 0.00244. The summed E-state index contributed by atoms with van der Waals surface area (Å²) in [4.78, 5) is 14.1. The van der Waals surface area contributed by atoms with Crippen LogP contribution in [0.25, 0.3) is 0 Å². The second-order valence-corrected chi connectivity index (χ2v) is 5.23. The third-order valence-electron chi connectivity index (χ3n) is 3.47. The van der Waals surface area contributed by atoms with Gasteiger partial charge in [0.1, 0.15) is 0 Å². The molecule has 3 nitrogen and oxygen atoms in total. The van der Waals surface area contributed by atoms with E-state index in [0.29, 0.717) is 6.54 Å². The number of hydrogen-bond acceptors (Lipinski definition) is 2. The summed E-state index contributed by atoms with van der Waals surface area (Å²) >= 11 is 0. The molecule has 0 saturated carbocycles. The zero-order valence-electron chi connectivity index (χ0n) is 12.7. The Morgan fingerprint density at radius 2 is 1.71 bits per heavy atom. The Balaban J connectivity index is 1.72. The Bertz CT molecular complexity index is 564. The molecule has 0 radical (unpaired) electrons. The summed E-state index contributed by atoms with van der Waals surface area (Å²) in [5.74, 6) is -0.00244. The second-order valence-electron chi connectivity index (χ2n) is 5.23. The van der Waals surface area contributed by atoms with Crippen molar-refractivity contribution in [3.05, 3.63) is 65.7 Å².